The van der Waals surface area contributed by atoms with E-state index in [4.69, 9.17) is 0 Å². The Hall–Kier alpha value is -7.78. The average Bonchev–Trinajstić information content (AvgIpc) is 3.65. The molecule has 0 bridgehead atoms. The van der Waals surface area contributed by atoms with Gasteiger partial charge in [0.05, 0.1) is 5.69 Å². The summed E-state index contributed by atoms with van der Waals surface area (Å²) < 4.78 is 0. The third-order valence-corrected chi connectivity index (χ3v) is 18.0. The van der Waals surface area contributed by atoms with Gasteiger partial charge in [-0.2, -0.15) is 0 Å². The normalized spacial score (nSPS) is 12.6. The summed E-state index contributed by atoms with van der Waals surface area (Å²) >= 11 is 0. The number of hydrogen-bond acceptors (Lipinski definition) is 1. The number of rotatable bonds is 7. The Balaban J connectivity index is 0.994. The monoisotopic (exact) mass is 803 g/mol. The van der Waals surface area contributed by atoms with Gasteiger partial charge in [0.15, 0.2) is 8.07 Å². The van der Waals surface area contributed by atoms with Gasteiger partial charge in [0.1, 0.15) is 0 Å². The van der Waals surface area contributed by atoms with Crippen molar-refractivity contribution in [3.05, 3.63) is 249 Å². The van der Waals surface area contributed by atoms with Crippen molar-refractivity contribution in [1.29, 1.82) is 0 Å². The highest BCUT2D eigenvalue weighted by Crippen LogP contribution is 2.43. The zero-order chi connectivity index (χ0) is 41.0. The molecule has 0 radical (unpaired) electrons. The van der Waals surface area contributed by atoms with Gasteiger partial charge in [-0.3, -0.25) is 0 Å². The van der Waals surface area contributed by atoms with Gasteiger partial charge in [0.2, 0.25) is 0 Å². The second-order valence-electron chi connectivity index (χ2n) is 16.4. The Labute approximate surface area is 363 Å². The van der Waals surface area contributed by atoms with Gasteiger partial charge >= 0.3 is 0 Å². The van der Waals surface area contributed by atoms with Gasteiger partial charge in [-0.15, -0.1) is 0 Å². The maximum Gasteiger partial charge on any atom is 0.180 e. The van der Waals surface area contributed by atoms with Gasteiger partial charge < -0.3 is 4.90 Å². The molecule has 0 N–H and O–H groups in total. The van der Waals surface area contributed by atoms with Crippen molar-refractivity contribution in [2.24, 2.45) is 0 Å². The van der Waals surface area contributed by atoms with Gasteiger partial charge in [-0.1, -0.05) is 212 Å². The van der Waals surface area contributed by atoms with Crippen molar-refractivity contribution in [1.82, 2.24) is 0 Å². The summed E-state index contributed by atoms with van der Waals surface area (Å²) in [5.41, 5.74) is 10.9. The Morgan fingerprint density at radius 1 is 0.274 bits per heavy atom. The summed E-state index contributed by atoms with van der Waals surface area (Å²) in [5, 5.41) is 13.2. The lowest BCUT2D eigenvalue weighted by molar-refractivity contribution is 1.30. The highest BCUT2D eigenvalue weighted by molar-refractivity contribution is 7.22. The maximum absolute atomic E-state index is 2.54. The van der Waals surface area contributed by atoms with E-state index in [2.05, 4.69) is 254 Å². The van der Waals surface area contributed by atoms with Crippen molar-refractivity contribution in [3.63, 3.8) is 0 Å². The van der Waals surface area contributed by atoms with Crippen LogP contribution in [0.1, 0.15) is 0 Å². The van der Waals surface area contributed by atoms with E-state index in [-0.39, 0.29) is 0 Å². The zero-order valence-electron chi connectivity index (χ0n) is 34.1. The predicted molar refractivity (Wildman–Crippen MR) is 267 cm³/mol. The highest BCUT2D eigenvalue weighted by Gasteiger charge is 2.48. The molecule has 12 rings (SSSR count). The molecule has 11 aromatic rings. The van der Waals surface area contributed by atoms with Crippen molar-refractivity contribution < 1.29 is 0 Å². The Bertz CT molecular complexity index is 3400. The number of nitrogens with zero attached hydrogens (tertiary/aromatic N) is 1. The first-order chi connectivity index (χ1) is 30.8. The zero-order valence-corrected chi connectivity index (χ0v) is 35.1. The van der Waals surface area contributed by atoms with Gasteiger partial charge in [0, 0.05) is 16.8 Å². The molecular formula is C60H41NSi. The average molecular weight is 804 g/mol. The van der Waals surface area contributed by atoms with Crippen LogP contribution in [-0.4, -0.2) is 8.07 Å². The minimum atomic E-state index is -2.54. The van der Waals surface area contributed by atoms with E-state index in [9.17, 15) is 0 Å². The van der Waals surface area contributed by atoms with Crippen LogP contribution in [-0.2, 0) is 0 Å². The van der Waals surface area contributed by atoms with Crippen LogP contribution < -0.4 is 25.6 Å². The van der Waals surface area contributed by atoms with Crippen LogP contribution >= 0.6 is 0 Å². The van der Waals surface area contributed by atoms with Crippen LogP contribution in [0.4, 0.5) is 17.1 Å². The van der Waals surface area contributed by atoms with Crippen LogP contribution in [0.15, 0.2) is 249 Å². The summed E-state index contributed by atoms with van der Waals surface area (Å²) in [6.45, 7) is 0. The molecule has 1 heterocycles. The van der Waals surface area contributed by atoms with Crippen LogP contribution in [0.2, 0.25) is 0 Å². The van der Waals surface area contributed by atoms with Crippen molar-refractivity contribution in [2.45, 2.75) is 0 Å². The number of hydrogen-bond donors (Lipinski definition) is 0. The number of anilines is 3. The molecule has 11 aromatic carbocycles. The van der Waals surface area contributed by atoms with Crippen molar-refractivity contribution >= 4 is 78.2 Å². The molecule has 0 aliphatic carbocycles. The molecule has 0 atom stereocenters. The Morgan fingerprint density at radius 2 is 0.774 bits per heavy atom. The molecule has 1 aliphatic rings. The predicted octanol–water partition coefficient (Wildman–Crippen LogP) is 13.3. The van der Waals surface area contributed by atoms with Gasteiger partial charge in [-0.05, 0) is 117 Å². The second kappa shape index (κ2) is 14.7. The minimum absolute atomic E-state index is 1.11. The van der Waals surface area contributed by atoms with E-state index in [1.54, 1.807) is 0 Å². The molecule has 0 saturated heterocycles. The molecule has 1 aliphatic heterocycles. The SMILES string of the molecule is c1ccc([Si]2(c3ccccc3)c3ccccc3-c3cc(-c4ccc(N(c5ccc(-c6cccc7ccccc67)cc5)c5cc6ccccc6c6ccccc56)cc4)ccc32)cc1. The van der Waals surface area contributed by atoms with Crippen LogP contribution in [0.5, 0.6) is 0 Å². The summed E-state index contributed by atoms with van der Waals surface area (Å²) in [6, 6.07) is 92.3. The molecule has 2 heteroatoms. The first-order valence-corrected chi connectivity index (χ1v) is 23.5. The van der Waals surface area contributed by atoms with E-state index < -0.39 is 8.07 Å². The van der Waals surface area contributed by atoms with E-state index in [0.29, 0.717) is 0 Å². The molecule has 0 aromatic heterocycles. The number of benzene rings is 11. The third-order valence-electron chi connectivity index (χ3n) is 13.1. The fourth-order valence-electron chi connectivity index (χ4n) is 10.3. The molecular weight excluding hydrogens is 763 g/mol. The Morgan fingerprint density at radius 3 is 1.48 bits per heavy atom. The van der Waals surface area contributed by atoms with Crippen molar-refractivity contribution in [2.75, 3.05) is 4.90 Å². The van der Waals surface area contributed by atoms with Crippen LogP contribution in [0.3, 0.4) is 0 Å². The fourth-order valence-corrected chi connectivity index (χ4v) is 15.5. The van der Waals surface area contributed by atoms with E-state index in [1.807, 2.05) is 0 Å². The lowest BCUT2D eigenvalue weighted by atomic mass is 9.97. The van der Waals surface area contributed by atoms with Crippen LogP contribution in [0, 0.1) is 0 Å². The molecule has 0 amide bonds. The molecule has 0 saturated carbocycles. The first kappa shape index (κ1) is 36.1. The Kier molecular flexibility index (Phi) is 8.58. The summed E-state index contributed by atoms with van der Waals surface area (Å²) in [4.78, 5) is 2.43. The molecule has 1 nitrogen and oxygen atoms in total. The summed E-state index contributed by atoms with van der Waals surface area (Å²) in [6.07, 6.45) is 0. The highest BCUT2D eigenvalue weighted by atomic mass is 28.3. The maximum atomic E-state index is 2.45. The lowest BCUT2D eigenvalue weighted by Crippen LogP contribution is -2.72. The number of fused-ring (bicyclic) bond motifs is 7. The third kappa shape index (κ3) is 5.69. The smallest absolute Gasteiger partial charge is 0.180 e. The standard InChI is InChI=1S/C60H41NSi/c1-3-19-49(20-4-1)62(50-21-5-2-6-22-50)59-29-14-13-27-56(59)57-40-45(34-39-60(57)62)42-30-35-47(36-31-42)61(58-41-46-17-8-10-24-53(46)54-25-11-12-26-55(54)58)48-37-32-44(33-38-48)52-28-15-18-43-16-7-9-23-51(43)52/h1-41H. The van der Waals surface area contributed by atoms with Gasteiger partial charge in [0.25, 0.3) is 0 Å². The van der Waals surface area contributed by atoms with E-state index in [0.717, 1.165) is 17.1 Å². The fraction of sp³-hybridized carbons (Fsp3) is 0. The topological polar surface area (TPSA) is 3.24 Å². The van der Waals surface area contributed by atoms with E-state index in [1.165, 1.54) is 86.4 Å². The molecule has 62 heavy (non-hydrogen) atoms. The molecule has 0 unspecified atom stereocenters. The van der Waals surface area contributed by atoms with Gasteiger partial charge in [-0.25, -0.2) is 0 Å². The minimum Gasteiger partial charge on any atom is -0.310 e. The quantitative estimate of drug-likeness (QED) is 0.115. The molecule has 0 spiro atoms. The lowest BCUT2D eigenvalue weighted by Gasteiger charge is -2.31. The summed E-state index contributed by atoms with van der Waals surface area (Å²) in [7, 11) is -2.54. The first-order valence-electron chi connectivity index (χ1n) is 21.5. The summed E-state index contributed by atoms with van der Waals surface area (Å²) in [5.74, 6) is 0. The second-order valence-corrected chi connectivity index (χ2v) is 20.1. The molecule has 290 valence electrons. The van der Waals surface area contributed by atoms with E-state index >= 15 is 0 Å². The van der Waals surface area contributed by atoms with Crippen LogP contribution in [0.25, 0.3) is 65.7 Å². The molecule has 0 fully saturated rings. The van der Waals surface area contributed by atoms with Crippen molar-refractivity contribution in [3.8, 4) is 33.4 Å². The largest absolute Gasteiger partial charge is 0.310 e.